The Balaban J connectivity index is 2.38. The summed E-state index contributed by atoms with van der Waals surface area (Å²) in [6, 6.07) is 3.43. The molecule has 1 aliphatic rings. The molecule has 86 valence electrons. The fourth-order valence-electron chi connectivity index (χ4n) is 1.49. The molecular formula is C10H7F3O3. The second-order valence-corrected chi connectivity index (χ2v) is 3.46. The van der Waals surface area contributed by atoms with Gasteiger partial charge in [-0.15, -0.1) is 0 Å². The fourth-order valence-corrected chi connectivity index (χ4v) is 1.49. The zero-order chi connectivity index (χ0) is 11.9. The van der Waals surface area contributed by atoms with E-state index in [0.717, 1.165) is 12.1 Å². The van der Waals surface area contributed by atoms with Crippen molar-refractivity contribution in [3.8, 4) is 11.5 Å². The van der Waals surface area contributed by atoms with Gasteiger partial charge in [-0.1, -0.05) is 0 Å². The number of ether oxygens (including phenoxy) is 1. The standard InChI is InChI=1S/C10H7F3O3/c11-10(12,13)9-4-7(15)6-3-5(14)1-2-8(6)16-9/h1-3,9,14H,4H2. The molecule has 1 aromatic carbocycles. The molecule has 0 saturated heterocycles. The zero-order valence-electron chi connectivity index (χ0n) is 7.91. The van der Waals surface area contributed by atoms with Crippen molar-refractivity contribution in [3.05, 3.63) is 23.8 Å². The van der Waals surface area contributed by atoms with E-state index in [2.05, 4.69) is 4.74 Å². The van der Waals surface area contributed by atoms with Crippen molar-refractivity contribution in [2.45, 2.75) is 18.7 Å². The molecule has 1 aromatic rings. The van der Waals surface area contributed by atoms with Crippen LogP contribution in [0.2, 0.25) is 0 Å². The summed E-state index contributed by atoms with van der Waals surface area (Å²) in [4.78, 5) is 11.4. The van der Waals surface area contributed by atoms with Crippen molar-refractivity contribution >= 4 is 5.78 Å². The maximum atomic E-state index is 12.4. The average molecular weight is 232 g/mol. The number of aromatic hydroxyl groups is 1. The quantitative estimate of drug-likeness (QED) is 0.746. The molecule has 0 fully saturated rings. The molecule has 2 rings (SSSR count). The normalized spacial score (nSPS) is 20.2. The Labute approximate surface area is 88.5 Å². The number of halogens is 3. The smallest absolute Gasteiger partial charge is 0.425 e. The number of hydrogen-bond donors (Lipinski definition) is 1. The van der Waals surface area contributed by atoms with Crippen LogP contribution in [0.1, 0.15) is 16.8 Å². The summed E-state index contributed by atoms with van der Waals surface area (Å²) in [5, 5.41) is 9.10. The Morgan fingerprint density at radius 3 is 2.69 bits per heavy atom. The van der Waals surface area contributed by atoms with E-state index in [0.29, 0.717) is 0 Å². The number of Topliss-reactive ketones (excluding diaryl/α,β-unsaturated/α-hetero) is 1. The highest BCUT2D eigenvalue weighted by Crippen LogP contribution is 2.36. The maximum absolute atomic E-state index is 12.4. The molecular weight excluding hydrogens is 225 g/mol. The minimum Gasteiger partial charge on any atom is -0.508 e. The van der Waals surface area contributed by atoms with Crippen LogP contribution in [0.4, 0.5) is 13.2 Å². The molecule has 1 N–H and O–H groups in total. The number of carbonyl (C=O) groups is 1. The third kappa shape index (κ3) is 1.82. The molecule has 1 atom stereocenters. The second kappa shape index (κ2) is 3.40. The SMILES string of the molecule is O=C1CC(C(F)(F)F)Oc2ccc(O)cc21. The number of ketones is 1. The number of phenols is 1. The van der Waals surface area contributed by atoms with E-state index in [1.165, 1.54) is 6.07 Å². The molecule has 16 heavy (non-hydrogen) atoms. The summed E-state index contributed by atoms with van der Waals surface area (Å²) in [5.41, 5.74) is -0.0134. The van der Waals surface area contributed by atoms with Gasteiger partial charge in [0.25, 0.3) is 0 Å². The monoisotopic (exact) mass is 232 g/mol. The number of benzene rings is 1. The summed E-state index contributed by atoms with van der Waals surface area (Å²) >= 11 is 0. The Kier molecular flexibility index (Phi) is 2.29. The molecule has 0 bridgehead atoms. The van der Waals surface area contributed by atoms with Crippen molar-refractivity contribution in [1.29, 1.82) is 0 Å². The molecule has 0 aromatic heterocycles. The van der Waals surface area contributed by atoms with Crippen molar-refractivity contribution in [3.63, 3.8) is 0 Å². The molecule has 1 heterocycles. The van der Waals surface area contributed by atoms with Gasteiger partial charge in [-0.05, 0) is 18.2 Å². The van der Waals surface area contributed by atoms with Gasteiger partial charge >= 0.3 is 6.18 Å². The predicted octanol–water partition coefficient (Wildman–Crippen LogP) is 2.29. The van der Waals surface area contributed by atoms with Gasteiger partial charge in [-0.2, -0.15) is 13.2 Å². The van der Waals surface area contributed by atoms with Gasteiger partial charge in [-0.3, -0.25) is 4.79 Å². The van der Waals surface area contributed by atoms with Crippen LogP contribution >= 0.6 is 0 Å². The van der Waals surface area contributed by atoms with Crippen molar-refractivity contribution < 1.29 is 27.8 Å². The summed E-state index contributed by atoms with van der Waals surface area (Å²) < 4.78 is 41.7. The highest BCUT2D eigenvalue weighted by molar-refractivity contribution is 6.00. The number of fused-ring (bicyclic) bond motifs is 1. The van der Waals surface area contributed by atoms with Crippen LogP contribution in [0, 0.1) is 0 Å². The molecule has 0 radical (unpaired) electrons. The summed E-state index contributed by atoms with van der Waals surface area (Å²) in [5.74, 6) is -1.00. The average Bonchev–Trinajstić information content (AvgIpc) is 2.17. The first kappa shape index (κ1) is 10.8. The van der Waals surface area contributed by atoms with Crippen LogP contribution in [-0.4, -0.2) is 23.2 Å². The number of phenolic OH excluding ortho intramolecular Hbond substituents is 1. The molecule has 0 spiro atoms. The number of carbonyl (C=O) groups excluding carboxylic acids is 1. The largest absolute Gasteiger partial charge is 0.508 e. The summed E-state index contributed by atoms with van der Waals surface area (Å²) in [7, 11) is 0. The lowest BCUT2D eigenvalue weighted by Crippen LogP contribution is -2.39. The number of hydrogen-bond acceptors (Lipinski definition) is 3. The van der Waals surface area contributed by atoms with Crippen LogP contribution in [0.25, 0.3) is 0 Å². The topological polar surface area (TPSA) is 46.5 Å². The second-order valence-electron chi connectivity index (χ2n) is 3.46. The number of rotatable bonds is 0. The molecule has 3 nitrogen and oxygen atoms in total. The van der Waals surface area contributed by atoms with Crippen LogP contribution in [0.3, 0.4) is 0 Å². The minimum atomic E-state index is -4.56. The van der Waals surface area contributed by atoms with Gasteiger partial charge in [0, 0.05) is 0 Å². The molecule has 1 unspecified atom stereocenters. The van der Waals surface area contributed by atoms with Crippen LogP contribution in [0.15, 0.2) is 18.2 Å². The lowest BCUT2D eigenvalue weighted by molar-refractivity contribution is -0.195. The molecule has 0 saturated carbocycles. The molecule has 1 aliphatic heterocycles. The molecule has 0 aliphatic carbocycles. The first-order valence-corrected chi connectivity index (χ1v) is 4.47. The van der Waals surface area contributed by atoms with E-state index < -0.39 is 24.5 Å². The Morgan fingerprint density at radius 2 is 2.06 bits per heavy atom. The van der Waals surface area contributed by atoms with E-state index in [4.69, 9.17) is 5.11 Å². The summed E-state index contributed by atoms with van der Waals surface area (Å²) in [6.07, 6.45) is -7.41. The van der Waals surface area contributed by atoms with Gasteiger partial charge in [0.2, 0.25) is 6.10 Å². The third-order valence-electron chi connectivity index (χ3n) is 2.27. The fraction of sp³-hybridized carbons (Fsp3) is 0.300. The molecule has 6 heteroatoms. The van der Waals surface area contributed by atoms with Gasteiger partial charge in [0.15, 0.2) is 5.78 Å². The Hall–Kier alpha value is -1.72. The van der Waals surface area contributed by atoms with Crippen molar-refractivity contribution in [1.82, 2.24) is 0 Å². The van der Waals surface area contributed by atoms with E-state index in [1.807, 2.05) is 0 Å². The highest BCUT2D eigenvalue weighted by atomic mass is 19.4. The lowest BCUT2D eigenvalue weighted by Gasteiger charge is -2.26. The van der Waals surface area contributed by atoms with E-state index in [-0.39, 0.29) is 17.1 Å². The van der Waals surface area contributed by atoms with Crippen molar-refractivity contribution in [2.24, 2.45) is 0 Å². The van der Waals surface area contributed by atoms with Crippen LogP contribution < -0.4 is 4.74 Å². The summed E-state index contributed by atoms with van der Waals surface area (Å²) in [6.45, 7) is 0. The maximum Gasteiger partial charge on any atom is 0.425 e. The highest BCUT2D eigenvalue weighted by Gasteiger charge is 2.45. The van der Waals surface area contributed by atoms with Gasteiger partial charge < -0.3 is 9.84 Å². The Morgan fingerprint density at radius 1 is 1.38 bits per heavy atom. The third-order valence-corrected chi connectivity index (χ3v) is 2.27. The minimum absolute atomic E-state index is 0.0134. The molecule has 0 amide bonds. The van der Waals surface area contributed by atoms with Gasteiger partial charge in [0.1, 0.15) is 11.5 Å². The first-order valence-electron chi connectivity index (χ1n) is 4.47. The first-order chi connectivity index (χ1) is 7.38. The predicted molar refractivity (Wildman–Crippen MR) is 47.5 cm³/mol. The van der Waals surface area contributed by atoms with Crippen molar-refractivity contribution in [2.75, 3.05) is 0 Å². The Bertz CT molecular complexity index is 439. The van der Waals surface area contributed by atoms with Gasteiger partial charge in [-0.25, -0.2) is 0 Å². The number of alkyl halides is 3. The van der Waals surface area contributed by atoms with Crippen LogP contribution in [-0.2, 0) is 0 Å². The van der Waals surface area contributed by atoms with E-state index in [9.17, 15) is 18.0 Å². The van der Waals surface area contributed by atoms with E-state index in [1.54, 1.807) is 0 Å². The van der Waals surface area contributed by atoms with E-state index >= 15 is 0 Å². The van der Waals surface area contributed by atoms with Crippen LogP contribution in [0.5, 0.6) is 11.5 Å². The zero-order valence-corrected chi connectivity index (χ0v) is 7.91. The van der Waals surface area contributed by atoms with Gasteiger partial charge in [0.05, 0.1) is 12.0 Å². The lowest BCUT2D eigenvalue weighted by atomic mass is 10.0.